The van der Waals surface area contributed by atoms with Gasteiger partial charge in [0.15, 0.2) is 29.7 Å². The highest BCUT2D eigenvalue weighted by molar-refractivity contribution is 8.00. The molecule has 12 aliphatic rings. The SMILES string of the molecule is C=C1CNC(c2cc3c(nn2)CC=N3)C(=O)N1.C=C1CNC(c2cnc3c(n2)N=CC3)C(=O)N1.C=C1COC(c2cc3c(nn2)CC=N3)C(=O)N1.C=C1COC(c2cnc3c(n2)N=CC3)C(=O)N1.C=C1CSC(c2cc3c(nn2)CC=N3)C(=O)N1.C=C1CSC(c2cnc3c(n2)N=CC3)C(=O)N1. The second-order valence-corrected chi connectivity index (χ2v) is 25.7. The van der Waals surface area contributed by atoms with Gasteiger partial charge in [0.25, 0.3) is 11.8 Å². The van der Waals surface area contributed by atoms with E-state index in [9.17, 15) is 28.8 Å². The van der Waals surface area contributed by atoms with E-state index < -0.39 is 24.3 Å². The molecule has 6 saturated heterocycles. The molecule has 34 nitrogen and oxygen atoms in total. The number of ether oxygens (including phenoxy) is 2. The van der Waals surface area contributed by atoms with Crippen LogP contribution in [0.4, 0.5) is 34.5 Å². The molecule has 12 aliphatic heterocycles. The van der Waals surface area contributed by atoms with Crippen molar-refractivity contribution in [2.45, 2.75) is 73.3 Å². The average Bonchev–Trinajstić information content (AvgIpc) is 1.64. The Morgan fingerprint density at radius 1 is 0.353 bits per heavy atom. The first-order chi connectivity index (χ1) is 49.4. The largest absolute Gasteiger partial charge is 0.356 e. The van der Waals surface area contributed by atoms with Crippen molar-refractivity contribution in [3.8, 4) is 0 Å². The highest BCUT2D eigenvalue weighted by Crippen LogP contribution is 2.37. The molecule has 0 aliphatic carbocycles. The number of nitrogens with zero attached hydrogens (tertiary/aromatic N) is 18. The van der Waals surface area contributed by atoms with E-state index in [1.54, 1.807) is 68.0 Å². The fourth-order valence-corrected chi connectivity index (χ4v) is 12.8. The maximum atomic E-state index is 11.8. The standard InChI is InChI=1S/2C11H11N5O.2C11H10N4O2.2C11H10N4OS/c1-6-5-13-10(11(17)14-6)9-4-8-7(15-16-9)2-3-12-8;1-6-4-14-9(11(17)15-6)8-5-13-7-2-3-12-10(7)16-8;1-6-5-17-9(11(16)14-6)8-4-13-7-2-3-12-10(7)15-8;1-6-5-17-10(11(16)13-6)9-4-8-7(14-15-9)2-3-12-8;1-6-5-17-9(11(16)14-6)8-4-13-7-2-3-12-10(7)15-8;1-6-5-17-10(11(16)13-6)9-4-8-7(14-15-9)2-3-12-8/h3-4,10,13H,1-2,5H2,(H,14,17);3,5,9,14H,1-2,4H2,(H,15,17);3-4,9H,1-2,5H2,(H,14,16);3-4,10H,1-2,5H2,(H,13,16);3-4,9H,1-2,5H2,(H,14,16);3-4,10H,1-2,5H2,(H,13,16). The number of fused-ring (bicyclic) bond motifs is 6. The number of carbonyl (C=O) groups excluding carboxylic acids is 6. The minimum absolute atomic E-state index is 0.0810. The number of hydrogen-bond acceptors (Lipinski definition) is 30. The number of morpholine rings is 2. The molecule has 0 radical (unpaired) electrons. The highest BCUT2D eigenvalue weighted by atomic mass is 32.2. The number of amides is 6. The van der Waals surface area contributed by atoms with E-state index in [0.717, 1.165) is 75.5 Å². The van der Waals surface area contributed by atoms with Crippen molar-refractivity contribution in [3.63, 3.8) is 0 Å². The fraction of sp³-hybridized carbons (Fsp3) is 0.273. The number of aliphatic imine (C=N–C) groups is 6. The van der Waals surface area contributed by atoms with Crippen molar-refractivity contribution in [2.24, 2.45) is 30.0 Å². The molecule has 18 heterocycles. The van der Waals surface area contributed by atoms with Gasteiger partial charge in [0.05, 0.1) is 111 Å². The summed E-state index contributed by atoms with van der Waals surface area (Å²) < 4.78 is 10.8. The van der Waals surface area contributed by atoms with Crippen LogP contribution in [0.15, 0.2) is 140 Å². The van der Waals surface area contributed by atoms with E-state index in [2.05, 4.69) is 172 Å². The van der Waals surface area contributed by atoms with Crippen LogP contribution in [0.3, 0.4) is 0 Å². The molecular formula is C66H62N26O8S2. The summed E-state index contributed by atoms with van der Waals surface area (Å²) in [5, 5.41) is 46.0. The molecule has 6 aromatic heterocycles. The van der Waals surface area contributed by atoms with E-state index in [1.165, 1.54) is 23.5 Å². The molecule has 0 bridgehead atoms. The van der Waals surface area contributed by atoms with Crippen molar-refractivity contribution in [1.82, 2.24) is 103 Å². The molecule has 36 heteroatoms. The Kier molecular flexibility index (Phi) is 20.8. The maximum Gasteiger partial charge on any atom is 0.259 e. The van der Waals surface area contributed by atoms with Crippen LogP contribution in [0, 0.1) is 0 Å². The van der Waals surface area contributed by atoms with E-state index in [0.29, 0.717) is 138 Å². The molecule has 516 valence electrons. The molecule has 6 amide bonds. The molecule has 6 aromatic rings. The lowest BCUT2D eigenvalue weighted by molar-refractivity contribution is -0.136. The van der Waals surface area contributed by atoms with Gasteiger partial charge in [-0.3, -0.25) is 69.3 Å². The van der Waals surface area contributed by atoms with Crippen LogP contribution >= 0.6 is 23.5 Å². The molecule has 0 spiro atoms. The zero-order valence-corrected chi connectivity index (χ0v) is 55.9. The van der Waals surface area contributed by atoms with Gasteiger partial charge in [-0.2, -0.15) is 30.6 Å². The Hall–Kier alpha value is -11.7. The summed E-state index contributed by atoms with van der Waals surface area (Å²) >= 11 is 3.02. The third kappa shape index (κ3) is 16.1. The van der Waals surface area contributed by atoms with E-state index in [4.69, 9.17) is 9.47 Å². The van der Waals surface area contributed by atoms with Gasteiger partial charge in [-0.15, -0.1) is 23.5 Å². The van der Waals surface area contributed by atoms with E-state index in [-0.39, 0.29) is 45.9 Å². The topological polar surface area (TPSA) is 446 Å². The van der Waals surface area contributed by atoms with E-state index in [1.807, 2.05) is 6.07 Å². The van der Waals surface area contributed by atoms with Gasteiger partial charge in [0.2, 0.25) is 23.6 Å². The van der Waals surface area contributed by atoms with Gasteiger partial charge >= 0.3 is 0 Å². The van der Waals surface area contributed by atoms with Crippen LogP contribution in [-0.2, 0) is 76.8 Å². The Balaban J connectivity index is 0.000000109. The van der Waals surface area contributed by atoms with Gasteiger partial charge in [0.1, 0.15) is 28.3 Å². The lowest BCUT2D eigenvalue weighted by Crippen LogP contribution is -2.45. The fourth-order valence-electron chi connectivity index (χ4n) is 10.9. The molecule has 0 aromatic carbocycles. The van der Waals surface area contributed by atoms with Crippen molar-refractivity contribution < 1.29 is 38.2 Å². The Morgan fingerprint density at radius 2 is 0.706 bits per heavy atom. The molecule has 6 atom stereocenters. The number of thioether (sulfide) groups is 2. The summed E-state index contributed by atoms with van der Waals surface area (Å²) in [6.07, 6.45) is 18.3. The molecule has 6 unspecified atom stereocenters. The maximum absolute atomic E-state index is 11.8. The summed E-state index contributed by atoms with van der Waals surface area (Å²) in [5.74, 6) is 2.23. The number of aromatic nitrogens is 12. The third-order valence-corrected chi connectivity index (χ3v) is 18.5. The van der Waals surface area contributed by atoms with Gasteiger partial charge in [0, 0.05) is 135 Å². The molecule has 102 heavy (non-hydrogen) atoms. The second kappa shape index (κ2) is 30.8. The van der Waals surface area contributed by atoms with Crippen LogP contribution in [-0.4, -0.2) is 171 Å². The van der Waals surface area contributed by atoms with Crippen molar-refractivity contribution >= 4 is 131 Å². The van der Waals surface area contributed by atoms with Gasteiger partial charge in [-0.1, -0.05) is 39.5 Å². The smallest absolute Gasteiger partial charge is 0.259 e. The second-order valence-electron chi connectivity index (χ2n) is 23.5. The van der Waals surface area contributed by atoms with Crippen LogP contribution in [0.5, 0.6) is 0 Å². The lowest BCUT2D eigenvalue weighted by Gasteiger charge is -2.24. The summed E-state index contributed by atoms with van der Waals surface area (Å²) in [6, 6.07) is 4.43. The normalized spacial score (nSPS) is 22.5. The molecule has 0 saturated carbocycles. The van der Waals surface area contributed by atoms with Crippen LogP contribution in [0.25, 0.3) is 0 Å². The van der Waals surface area contributed by atoms with Gasteiger partial charge in [-0.05, 0) is 18.2 Å². The van der Waals surface area contributed by atoms with Crippen LogP contribution in [0.2, 0.25) is 0 Å². The minimum atomic E-state index is -0.728. The number of nitrogens with one attached hydrogen (secondary N) is 8. The molecule has 8 N–H and O–H groups in total. The summed E-state index contributed by atoms with van der Waals surface area (Å²) in [5.41, 5.74) is 14.9. The first-order valence-corrected chi connectivity index (χ1v) is 33.7. The molecule has 18 rings (SSSR count). The zero-order chi connectivity index (χ0) is 71.0. The van der Waals surface area contributed by atoms with Crippen molar-refractivity contribution in [1.29, 1.82) is 0 Å². The summed E-state index contributed by atoms with van der Waals surface area (Å²) in [4.78, 5) is 121. The van der Waals surface area contributed by atoms with Gasteiger partial charge < -0.3 is 41.4 Å². The molecular weight excluding hydrogens is 1350 g/mol. The predicted octanol–water partition coefficient (Wildman–Crippen LogP) is 3.20. The van der Waals surface area contributed by atoms with Gasteiger partial charge in [-0.25, -0.2) is 29.9 Å². The Labute approximate surface area is 589 Å². The quantitative estimate of drug-likeness (QED) is 0.119. The Bertz CT molecular complexity index is 3990. The van der Waals surface area contributed by atoms with E-state index >= 15 is 0 Å². The average molecular weight is 1410 g/mol. The monoisotopic (exact) mass is 1410 g/mol. The predicted molar refractivity (Wildman–Crippen MR) is 376 cm³/mol. The van der Waals surface area contributed by atoms with Crippen molar-refractivity contribution in [2.75, 3.05) is 37.8 Å². The number of hydrogen-bond donors (Lipinski definition) is 8. The first kappa shape index (κ1) is 68.8. The molecule has 6 fully saturated rings. The lowest BCUT2D eigenvalue weighted by atomic mass is 10.1. The number of carbonyl (C=O) groups is 6. The summed E-state index contributed by atoms with van der Waals surface area (Å²) in [6.45, 7) is 23.8. The Morgan fingerprint density at radius 3 is 1.18 bits per heavy atom. The first-order valence-electron chi connectivity index (χ1n) is 31.6. The third-order valence-electron chi connectivity index (χ3n) is 15.9. The highest BCUT2D eigenvalue weighted by Gasteiger charge is 2.35. The minimum Gasteiger partial charge on any atom is -0.356 e. The zero-order valence-electron chi connectivity index (χ0n) is 54.3. The van der Waals surface area contributed by atoms with Crippen LogP contribution < -0.4 is 42.5 Å². The van der Waals surface area contributed by atoms with Crippen LogP contribution in [0.1, 0.15) is 103 Å². The summed E-state index contributed by atoms with van der Waals surface area (Å²) in [7, 11) is 0. The number of rotatable bonds is 6. The number of piperazine rings is 2. The van der Waals surface area contributed by atoms with Crippen molar-refractivity contribution in [3.05, 3.63) is 179 Å².